The number of hydrogen-bond acceptors (Lipinski definition) is 3. The van der Waals surface area contributed by atoms with Crippen molar-refractivity contribution in [1.82, 2.24) is 9.80 Å². The Morgan fingerprint density at radius 2 is 1.76 bits per heavy atom. The van der Waals surface area contributed by atoms with Crippen molar-refractivity contribution in [2.75, 3.05) is 32.7 Å². The van der Waals surface area contributed by atoms with Crippen molar-refractivity contribution < 1.29 is 4.79 Å². The average Bonchev–Trinajstić information content (AvgIpc) is 2.34. The van der Waals surface area contributed by atoms with Crippen LogP contribution in [0.4, 0.5) is 0 Å². The molecule has 0 amide bonds. The lowest BCUT2D eigenvalue weighted by molar-refractivity contribution is -0.118. The second kappa shape index (κ2) is 7.83. The molecule has 100 valence electrons. The zero-order valence-electron chi connectivity index (χ0n) is 11.7. The summed E-state index contributed by atoms with van der Waals surface area (Å²) >= 11 is 0. The van der Waals surface area contributed by atoms with Crippen LogP contribution < -0.4 is 0 Å². The smallest absolute Gasteiger partial charge is 0.132 e. The topological polar surface area (TPSA) is 23.6 Å². The van der Waals surface area contributed by atoms with Gasteiger partial charge in [0, 0.05) is 45.1 Å². The van der Waals surface area contributed by atoms with Gasteiger partial charge in [-0.3, -0.25) is 9.69 Å². The third-order valence-electron chi connectivity index (χ3n) is 3.71. The van der Waals surface area contributed by atoms with Gasteiger partial charge in [-0.2, -0.15) is 0 Å². The first kappa shape index (κ1) is 14.7. The number of piperazine rings is 1. The van der Waals surface area contributed by atoms with Crippen LogP contribution in [0.3, 0.4) is 0 Å². The molecule has 0 N–H and O–H groups in total. The van der Waals surface area contributed by atoms with E-state index >= 15 is 0 Å². The summed E-state index contributed by atoms with van der Waals surface area (Å²) in [4.78, 5) is 16.2. The fraction of sp³-hybridized carbons (Fsp3) is 0.929. The molecule has 17 heavy (non-hydrogen) atoms. The van der Waals surface area contributed by atoms with Gasteiger partial charge in [0.05, 0.1) is 0 Å². The minimum atomic E-state index is 0.412. The molecule has 0 aliphatic carbocycles. The number of hydrogen-bond donors (Lipinski definition) is 0. The maximum absolute atomic E-state index is 11.2. The maximum atomic E-state index is 11.2. The molecule has 0 aromatic rings. The van der Waals surface area contributed by atoms with Gasteiger partial charge in [0.15, 0.2) is 0 Å². The highest BCUT2D eigenvalue weighted by Gasteiger charge is 2.17. The van der Waals surface area contributed by atoms with Crippen molar-refractivity contribution >= 4 is 5.78 Å². The molecule has 0 spiro atoms. The first-order valence-corrected chi connectivity index (χ1v) is 7.11. The van der Waals surface area contributed by atoms with Crippen LogP contribution in [0.15, 0.2) is 0 Å². The molecule has 1 rings (SSSR count). The van der Waals surface area contributed by atoms with Gasteiger partial charge < -0.3 is 4.90 Å². The molecule has 0 unspecified atom stereocenters. The van der Waals surface area contributed by atoms with Gasteiger partial charge in [0.1, 0.15) is 5.78 Å². The molecule has 0 radical (unpaired) electrons. The van der Waals surface area contributed by atoms with Crippen molar-refractivity contribution in [2.45, 2.75) is 52.5 Å². The molecule has 1 heterocycles. The third-order valence-corrected chi connectivity index (χ3v) is 3.71. The molecule has 0 saturated carbocycles. The summed E-state index contributed by atoms with van der Waals surface area (Å²) < 4.78 is 0. The van der Waals surface area contributed by atoms with Gasteiger partial charge >= 0.3 is 0 Å². The van der Waals surface area contributed by atoms with Crippen LogP contribution in [0.25, 0.3) is 0 Å². The van der Waals surface area contributed by atoms with E-state index in [1.165, 1.54) is 39.1 Å². The molecule has 1 fully saturated rings. The highest BCUT2D eigenvalue weighted by atomic mass is 16.1. The molecule has 1 saturated heterocycles. The summed E-state index contributed by atoms with van der Waals surface area (Å²) in [5.74, 6) is 0.412. The molecular formula is C14H28N2O. The van der Waals surface area contributed by atoms with E-state index in [0.29, 0.717) is 18.2 Å². The van der Waals surface area contributed by atoms with Crippen LogP contribution in [-0.2, 0) is 4.79 Å². The van der Waals surface area contributed by atoms with Crippen molar-refractivity contribution in [3.8, 4) is 0 Å². The molecule has 0 aromatic carbocycles. The second-order valence-corrected chi connectivity index (χ2v) is 5.32. The Kier molecular flexibility index (Phi) is 6.75. The van der Waals surface area contributed by atoms with E-state index < -0.39 is 0 Å². The van der Waals surface area contributed by atoms with E-state index in [1.54, 1.807) is 0 Å². The molecule has 3 heteroatoms. The molecule has 0 aromatic heterocycles. The van der Waals surface area contributed by atoms with Gasteiger partial charge in [-0.05, 0) is 33.2 Å². The monoisotopic (exact) mass is 240 g/mol. The Bertz CT molecular complexity index is 220. The lowest BCUT2D eigenvalue weighted by atomic mass is 10.1. The number of rotatable bonds is 7. The van der Waals surface area contributed by atoms with Crippen LogP contribution in [-0.4, -0.2) is 54.3 Å². The molecule has 1 aliphatic rings. The first-order valence-electron chi connectivity index (χ1n) is 7.11. The Morgan fingerprint density at radius 3 is 2.29 bits per heavy atom. The normalized spacial score (nSPS) is 18.8. The van der Waals surface area contributed by atoms with Crippen LogP contribution in [0.1, 0.15) is 46.5 Å². The van der Waals surface area contributed by atoms with Crippen molar-refractivity contribution in [3.05, 3.63) is 0 Å². The van der Waals surface area contributed by atoms with E-state index in [0.717, 1.165) is 12.8 Å². The molecule has 0 bridgehead atoms. The highest BCUT2D eigenvalue weighted by molar-refractivity contribution is 5.77. The van der Waals surface area contributed by atoms with Gasteiger partial charge in [0.2, 0.25) is 0 Å². The van der Waals surface area contributed by atoms with E-state index in [1.807, 2.05) is 6.92 Å². The van der Waals surface area contributed by atoms with E-state index in [4.69, 9.17) is 0 Å². The summed E-state index contributed by atoms with van der Waals surface area (Å²) in [6, 6.07) is 0.680. The van der Waals surface area contributed by atoms with E-state index in [9.17, 15) is 4.79 Å². The van der Waals surface area contributed by atoms with E-state index in [-0.39, 0.29) is 0 Å². The lowest BCUT2D eigenvalue weighted by Crippen LogP contribution is -2.48. The summed E-state index contributed by atoms with van der Waals surface area (Å²) in [5.41, 5.74) is 0. The quantitative estimate of drug-likeness (QED) is 0.637. The predicted octanol–water partition coefficient (Wildman–Crippen LogP) is 2.16. The van der Waals surface area contributed by atoms with Crippen LogP contribution in [0.2, 0.25) is 0 Å². The number of carbonyl (C=O) groups is 1. The van der Waals surface area contributed by atoms with Crippen LogP contribution in [0, 0.1) is 0 Å². The number of carbonyl (C=O) groups excluding carboxylic acids is 1. The maximum Gasteiger partial charge on any atom is 0.132 e. The summed E-state index contributed by atoms with van der Waals surface area (Å²) in [5, 5.41) is 0. The summed E-state index contributed by atoms with van der Waals surface area (Å²) in [6.45, 7) is 12.4. The fourth-order valence-corrected chi connectivity index (χ4v) is 2.34. The summed E-state index contributed by atoms with van der Waals surface area (Å²) in [6.07, 6.45) is 3.72. The molecular weight excluding hydrogens is 212 g/mol. The van der Waals surface area contributed by atoms with Gasteiger partial charge in [-0.1, -0.05) is 6.92 Å². The first-order chi connectivity index (χ1) is 8.13. The number of ketones is 1. The lowest BCUT2D eigenvalue weighted by Gasteiger charge is -2.36. The fourth-order valence-electron chi connectivity index (χ4n) is 2.34. The molecule has 3 nitrogen and oxygen atoms in total. The number of unbranched alkanes of at least 4 members (excludes halogenated alkanes) is 1. The predicted molar refractivity (Wildman–Crippen MR) is 72.3 cm³/mol. The van der Waals surface area contributed by atoms with Gasteiger partial charge in [0.25, 0.3) is 0 Å². The van der Waals surface area contributed by atoms with Crippen molar-refractivity contribution in [2.24, 2.45) is 0 Å². The zero-order chi connectivity index (χ0) is 12.7. The van der Waals surface area contributed by atoms with E-state index in [2.05, 4.69) is 23.6 Å². The minimum absolute atomic E-state index is 0.412. The highest BCUT2D eigenvalue weighted by Crippen LogP contribution is 2.07. The summed E-state index contributed by atoms with van der Waals surface area (Å²) in [7, 11) is 0. The zero-order valence-corrected chi connectivity index (χ0v) is 11.7. The SMILES string of the molecule is CCC(=O)CCCCN1CCN(C(C)C)CC1. The Morgan fingerprint density at radius 1 is 1.12 bits per heavy atom. The second-order valence-electron chi connectivity index (χ2n) is 5.32. The average molecular weight is 240 g/mol. The largest absolute Gasteiger partial charge is 0.301 e. The molecule has 1 aliphatic heterocycles. The van der Waals surface area contributed by atoms with Gasteiger partial charge in [-0.25, -0.2) is 0 Å². The van der Waals surface area contributed by atoms with Gasteiger partial charge in [-0.15, -0.1) is 0 Å². The number of Topliss-reactive ketones (excluding diaryl/α,β-unsaturated/α-hetero) is 1. The third kappa shape index (κ3) is 5.64. The van der Waals surface area contributed by atoms with Crippen molar-refractivity contribution in [1.29, 1.82) is 0 Å². The minimum Gasteiger partial charge on any atom is -0.301 e. The molecule has 0 atom stereocenters. The Hall–Kier alpha value is -0.410. The Labute approximate surface area is 106 Å². The van der Waals surface area contributed by atoms with Crippen LogP contribution >= 0.6 is 0 Å². The van der Waals surface area contributed by atoms with Crippen LogP contribution in [0.5, 0.6) is 0 Å². The van der Waals surface area contributed by atoms with Crippen molar-refractivity contribution in [3.63, 3.8) is 0 Å². The standard InChI is InChI=1S/C14H28N2O/c1-4-14(17)7-5-6-8-15-9-11-16(12-10-15)13(2)3/h13H,4-12H2,1-3H3. The Balaban J connectivity index is 2.04. The number of nitrogens with zero attached hydrogens (tertiary/aromatic N) is 2.